The van der Waals surface area contributed by atoms with Gasteiger partial charge in [0.15, 0.2) is 0 Å². The van der Waals surface area contributed by atoms with Gasteiger partial charge in [0.25, 0.3) is 0 Å². The van der Waals surface area contributed by atoms with Gasteiger partial charge in [-0.25, -0.2) is 4.39 Å². The number of halogens is 1. The number of likely N-dealkylation sites (tertiary alicyclic amines) is 1. The Morgan fingerprint density at radius 2 is 2.12 bits per heavy atom. The molecule has 0 spiro atoms. The van der Waals surface area contributed by atoms with Gasteiger partial charge >= 0.3 is 0 Å². The highest BCUT2D eigenvalue weighted by molar-refractivity contribution is 5.76. The van der Waals surface area contributed by atoms with Gasteiger partial charge in [-0.05, 0) is 30.5 Å². The lowest BCUT2D eigenvalue weighted by atomic mass is 10.1. The van der Waals surface area contributed by atoms with Crippen LogP contribution in [0.2, 0.25) is 0 Å². The third-order valence-electron chi connectivity index (χ3n) is 3.06. The Balaban J connectivity index is 1.82. The van der Waals surface area contributed by atoms with E-state index in [4.69, 9.17) is 0 Å². The van der Waals surface area contributed by atoms with E-state index in [0.717, 1.165) is 5.56 Å². The van der Waals surface area contributed by atoms with E-state index in [-0.39, 0.29) is 17.8 Å². The molecule has 1 amide bonds. The molecule has 1 aromatic rings. The van der Waals surface area contributed by atoms with E-state index in [2.05, 4.69) is 0 Å². The number of carbonyl (C=O) groups is 1. The maximum atomic E-state index is 12.7. The van der Waals surface area contributed by atoms with Crippen molar-refractivity contribution in [1.82, 2.24) is 4.90 Å². The van der Waals surface area contributed by atoms with Crippen LogP contribution >= 0.6 is 0 Å². The zero-order chi connectivity index (χ0) is 12.3. The summed E-state index contributed by atoms with van der Waals surface area (Å²) in [5.41, 5.74) is 0.958. The van der Waals surface area contributed by atoms with Crippen molar-refractivity contribution in [2.45, 2.75) is 25.4 Å². The number of aryl methyl sites for hydroxylation is 1. The molecule has 0 radical (unpaired) electrons. The summed E-state index contributed by atoms with van der Waals surface area (Å²) in [7, 11) is 0. The van der Waals surface area contributed by atoms with Gasteiger partial charge in [-0.3, -0.25) is 4.79 Å². The Labute approximate surface area is 99.9 Å². The van der Waals surface area contributed by atoms with Crippen LogP contribution in [0.25, 0.3) is 0 Å². The van der Waals surface area contributed by atoms with Crippen LogP contribution in [0.3, 0.4) is 0 Å². The first-order chi connectivity index (χ1) is 8.15. The average Bonchev–Trinajstić information content (AvgIpc) is 2.75. The van der Waals surface area contributed by atoms with E-state index in [1.54, 1.807) is 17.0 Å². The number of rotatable bonds is 3. The molecule has 0 aromatic heterocycles. The van der Waals surface area contributed by atoms with Crippen molar-refractivity contribution in [1.29, 1.82) is 0 Å². The van der Waals surface area contributed by atoms with Gasteiger partial charge in [0.1, 0.15) is 5.82 Å². The van der Waals surface area contributed by atoms with Crippen LogP contribution in [0.15, 0.2) is 24.3 Å². The molecule has 0 saturated carbocycles. The van der Waals surface area contributed by atoms with Crippen LogP contribution in [0.5, 0.6) is 0 Å². The number of hydrogen-bond donors (Lipinski definition) is 1. The molecule has 1 atom stereocenters. The highest BCUT2D eigenvalue weighted by atomic mass is 19.1. The summed E-state index contributed by atoms with van der Waals surface area (Å²) in [6.07, 6.45) is 1.33. The molecule has 1 unspecified atom stereocenters. The summed E-state index contributed by atoms with van der Waals surface area (Å²) in [5.74, 6) is -0.200. The number of β-amino-alcohol motifs (C(OH)–C–C–N with tert-alkyl or cyclic N) is 1. The van der Waals surface area contributed by atoms with E-state index in [1.165, 1.54) is 12.1 Å². The minimum absolute atomic E-state index is 0.0610. The molecule has 1 heterocycles. The Morgan fingerprint density at radius 1 is 1.41 bits per heavy atom. The molecule has 17 heavy (non-hydrogen) atoms. The monoisotopic (exact) mass is 237 g/mol. The van der Waals surface area contributed by atoms with Crippen LogP contribution < -0.4 is 0 Å². The number of benzene rings is 1. The van der Waals surface area contributed by atoms with Gasteiger partial charge in [0.2, 0.25) is 5.91 Å². The highest BCUT2D eigenvalue weighted by Crippen LogP contribution is 2.12. The quantitative estimate of drug-likeness (QED) is 0.862. The molecule has 1 aliphatic rings. The highest BCUT2D eigenvalue weighted by Gasteiger charge is 2.23. The molecule has 1 fully saturated rings. The molecule has 1 N–H and O–H groups in total. The number of aliphatic hydroxyl groups is 1. The van der Waals surface area contributed by atoms with Crippen molar-refractivity contribution < 1.29 is 14.3 Å². The lowest BCUT2D eigenvalue weighted by molar-refractivity contribution is -0.130. The van der Waals surface area contributed by atoms with Crippen molar-refractivity contribution >= 4 is 5.91 Å². The van der Waals surface area contributed by atoms with Crippen molar-refractivity contribution in [2.75, 3.05) is 13.1 Å². The molecule has 0 aliphatic carbocycles. The van der Waals surface area contributed by atoms with Crippen LogP contribution in [0.1, 0.15) is 18.4 Å². The number of amides is 1. The Morgan fingerprint density at radius 3 is 2.71 bits per heavy atom. The molecule has 3 nitrogen and oxygen atoms in total. The zero-order valence-electron chi connectivity index (χ0n) is 9.60. The molecular weight excluding hydrogens is 221 g/mol. The molecule has 1 aliphatic heterocycles. The molecule has 2 rings (SSSR count). The van der Waals surface area contributed by atoms with Crippen molar-refractivity contribution in [3.63, 3.8) is 0 Å². The zero-order valence-corrected chi connectivity index (χ0v) is 9.60. The van der Waals surface area contributed by atoms with Gasteiger partial charge in [-0.1, -0.05) is 12.1 Å². The van der Waals surface area contributed by atoms with E-state index < -0.39 is 0 Å². The van der Waals surface area contributed by atoms with Gasteiger partial charge in [0.05, 0.1) is 6.10 Å². The van der Waals surface area contributed by atoms with Gasteiger partial charge in [-0.2, -0.15) is 0 Å². The van der Waals surface area contributed by atoms with Gasteiger partial charge < -0.3 is 10.0 Å². The predicted molar refractivity (Wildman–Crippen MR) is 61.9 cm³/mol. The van der Waals surface area contributed by atoms with Crippen LogP contribution in [-0.2, 0) is 11.2 Å². The van der Waals surface area contributed by atoms with Crippen LogP contribution in [-0.4, -0.2) is 35.1 Å². The van der Waals surface area contributed by atoms with E-state index in [9.17, 15) is 14.3 Å². The standard InChI is InChI=1S/C13H16FNO2/c14-11-4-1-10(2-5-11)3-6-13(17)15-8-7-12(16)9-15/h1-2,4-5,12,16H,3,6-9H2. The summed E-state index contributed by atoms with van der Waals surface area (Å²) in [6.45, 7) is 1.09. The summed E-state index contributed by atoms with van der Waals surface area (Å²) < 4.78 is 12.7. The SMILES string of the molecule is O=C(CCc1ccc(F)cc1)N1CCC(O)C1. The van der Waals surface area contributed by atoms with Gasteiger partial charge in [-0.15, -0.1) is 0 Å². The third kappa shape index (κ3) is 3.27. The molecule has 1 saturated heterocycles. The fourth-order valence-corrected chi connectivity index (χ4v) is 2.03. The number of nitrogens with zero attached hydrogens (tertiary/aromatic N) is 1. The Bertz CT molecular complexity index is 391. The number of aliphatic hydroxyl groups excluding tert-OH is 1. The van der Waals surface area contributed by atoms with Gasteiger partial charge in [0, 0.05) is 19.5 Å². The smallest absolute Gasteiger partial charge is 0.222 e. The summed E-state index contributed by atoms with van der Waals surface area (Å²) in [5, 5.41) is 9.33. The fourth-order valence-electron chi connectivity index (χ4n) is 2.03. The molecule has 4 heteroatoms. The minimum Gasteiger partial charge on any atom is -0.391 e. The molecule has 1 aromatic carbocycles. The number of hydrogen-bond acceptors (Lipinski definition) is 2. The van der Waals surface area contributed by atoms with Crippen molar-refractivity contribution in [3.05, 3.63) is 35.6 Å². The Kier molecular flexibility index (Phi) is 3.74. The summed E-state index contributed by atoms with van der Waals surface area (Å²) in [6, 6.07) is 6.20. The van der Waals surface area contributed by atoms with Crippen LogP contribution in [0.4, 0.5) is 4.39 Å². The second kappa shape index (κ2) is 5.27. The fraction of sp³-hybridized carbons (Fsp3) is 0.462. The summed E-state index contributed by atoms with van der Waals surface area (Å²) in [4.78, 5) is 13.5. The van der Waals surface area contributed by atoms with E-state index in [0.29, 0.717) is 32.4 Å². The first-order valence-electron chi connectivity index (χ1n) is 5.85. The topological polar surface area (TPSA) is 40.5 Å². The first-order valence-corrected chi connectivity index (χ1v) is 5.85. The van der Waals surface area contributed by atoms with Crippen molar-refractivity contribution in [2.24, 2.45) is 0 Å². The predicted octanol–water partition coefficient (Wildman–Crippen LogP) is 1.35. The number of carbonyl (C=O) groups excluding carboxylic acids is 1. The average molecular weight is 237 g/mol. The maximum Gasteiger partial charge on any atom is 0.222 e. The summed E-state index contributed by atoms with van der Waals surface area (Å²) >= 11 is 0. The molecular formula is C13H16FNO2. The third-order valence-corrected chi connectivity index (χ3v) is 3.06. The van der Waals surface area contributed by atoms with Crippen LogP contribution in [0, 0.1) is 5.82 Å². The van der Waals surface area contributed by atoms with Crippen molar-refractivity contribution in [3.8, 4) is 0 Å². The van der Waals surface area contributed by atoms with E-state index >= 15 is 0 Å². The molecule has 92 valence electrons. The molecule has 0 bridgehead atoms. The first kappa shape index (κ1) is 12.0. The second-order valence-corrected chi connectivity index (χ2v) is 4.41. The lowest BCUT2D eigenvalue weighted by Crippen LogP contribution is -2.29. The largest absolute Gasteiger partial charge is 0.391 e. The maximum absolute atomic E-state index is 12.7. The second-order valence-electron chi connectivity index (χ2n) is 4.41. The lowest BCUT2D eigenvalue weighted by Gasteiger charge is -2.15. The minimum atomic E-state index is -0.371. The Hall–Kier alpha value is -1.42. The van der Waals surface area contributed by atoms with E-state index in [1.807, 2.05) is 0 Å². The normalized spacial score (nSPS) is 19.6.